The predicted molar refractivity (Wildman–Crippen MR) is 70.1 cm³/mol. The SMILES string of the molecule is CC1(CNc2ccccc2S(=O)(=O)C(F)(F)F)CCC1. The highest BCUT2D eigenvalue weighted by atomic mass is 32.2. The molecule has 0 saturated heterocycles. The standard InChI is InChI=1S/C13H16F3NO2S/c1-12(7-4-8-12)9-17-10-5-2-3-6-11(10)20(18,19)13(14,15)16/h2-3,5-6,17H,4,7-9H2,1H3. The number of para-hydroxylation sites is 1. The Kier molecular flexibility index (Phi) is 3.75. The third kappa shape index (κ3) is 2.77. The fourth-order valence-corrected chi connectivity index (χ4v) is 3.17. The summed E-state index contributed by atoms with van der Waals surface area (Å²) in [6.45, 7) is 2.50. The molecule has 0 unspecified atom stereocenters. The molecule has 3 nitrogen and oxygen atoms in total. The summed E-state index contributed by atoms with van der Waals surface area (Å²) >= 11 is 0. The van der Waals surface area contributed by atoms with Gasteiger partial charge in [0.05, 0.1) is 10.6 Å². The van der Waals surface area contributed by atoms with Gasteiger partial charge in [-0.3, -0.25) is 0 Å². The molecule has 112 valence electrons. The Bertz CT molecular complexity index is 592. The second-order valence-corrected chi connectivity index (χ2v) is 7.37. The van der Waals surface area contributed by atoms with Gasteiger partial charge < -0.3 is 5.32 Å². The van der Waals surface area contributed by atoms with Crippen LogP contribution in [0.4, 0.5) is 18.9 Å². The monoisotopic (exact) mass is 307 g/mol. The second-order valence-electron chi connectivity index (χ2n) is 5.46. The Balaban J connectivity index is 2.27. The highest BCUT2D eigenvalue weighted by molar-refractivity contribution is 7.92. The summed E-state index contributed by atoms with van der Waals surface area (Å²) in [5, 5.41) is 2.85. The highest BCUT2D eigenvalue weighted by Gasteiger charge is 2.48. The van der Waals surface area contributed by atoms with Crippen molar-refractivity contribution in [3.63, 3.8) is 0 Å². The van der Waals surface area contributed by atoms with Crippen LogP contribution in [0.25, 0.3) is 0 Å². The van der Waals surface area contributed by atoms with Crippen LogP contribution in [0.1, 0.15) is 26.2 Å². The zero-order valence-corrected chi connectivity index (χ0v) is 11.8. The molecule has 2 rings (SSSR count). The van der Waals surface area contributed by atoms with Crippen LogP contribution in [0.3, 0.4) is 0 Å². The summed E-state index contributed by atoms with van der Waals surface area (Å²) in [6.07, 6.45) is 3.09. The van der Waals surface area contributed by atoms with Gasteiger partial charge in [-0.25, -0.2) is 8.42 Å². The molecule has 1 aromatic carbocycles. The number of hydrogen-bond acceptors (Lipinski definition) is 3. The van der Waals surface area contributed by atoms with E-state index in [2.05, 4.69) is 5.32 Å². The van der Waals surface area contributed by atoms with E-state index in [1.54, 1.807) is 0 Å². The molecule has 0 aliphatic heterocycles. The van der Waals surface area contributed by atoms with Crippen LogP contribution in [0.5, 0.6) is 0 Å². The van der Waals surface area contributed by atoms with E-state index in [0.717, 1.165) is 25.3 Å². The minimum atomic E-state index is -5.33. The number of benzene rings is 1. The van der Waals surface area contributed by atoms with E-state index in [0.29, 0.717) is 6.54 Å². The first kappa shape index (κ1) is 15.2. The Morgan fingerprint density at radius 1 is 1.25 bits per heavy atom. The topological polar surface area (TPSA) is 46.2 Å². The molecule has 0 spiro atoms. The first-order valence-corrected chi connectivity index (χ1v) is 7.78. The molecule has 7 heteroatoms. The summed E-state index contributed by atoms with van der Waals surface area (Å²) in [7, 11) is -5.33. The van der Waals surface area contributed by atoms with E-state index in [1.165, 1.54) is 18.2 Å². The first-order chi connectivity index (χ1) is 9.16. The van der Waals surface area contributed by atoms with Gasteiger partial charge in [0.25, 0.3) is 9.84 Å². The third-order valence-electron chi connectivity index (χ3n) is 3.75. The predicted octanol–water partition coefficient (Wildman–Crippen LogP) is 3.58. The van der Waals surface area contributed by atoms with Gasteiger partial charge in [-0.2, -0.15) is 13.2 Å². The van der Waals surface area contributed by atoms with Crippen molar-refractivity contribution in [1.82, 2.24) is 0 Å². The molecule has 0 aromatic heterocycles. The van der Waals surface area contributed by atoms with Crippen molar-refractivity contribution < 1.29 is 21.6 Å². The van der Waals surface area contributed by atoms with Gasteiger partial charge >= 0.3 is 5.51 Å². The van der Waals surface area contributed by atoms with E-state index >= 15 is 0 Å². The summed E-state index contributed by atoms with van der Waals surface area (Å²) in [4.78, 5) is -0.713. The largest absolute Gasteiger partial charge is 0.501 e. The number of alkyl halides is 3. The fourth-order valence-electron chi connectivity index (χ4n) is 2.24. The maximum atomic E-state index is 12.6. The number of rotatable bonds is 4. The highest BCUT2D eigenvalue weighted by Crippen LogP contribution is 2.41. The number of anilines is 1. The quantitative estimate of drug-likeness (QED) is 0.925. The lowest BCUT2D eigenvalue weighted by Gasteiger charge is -2.38. The van der Waals surface area contributed by atoms with Crippen LogP contribution in [0.15, 0.2) is 29.2 Å². The molecule has 1 N–H and O–H groups in total. The van der Waals surface area contributed by atoms with Crippen LogP contribution in [0.2, 0.25) is 0 Å². The maximum Gasteiger partial charge on any atom is 0.501 e. The molecule has 1 aromatic rings. The van der Waals surface area contributed by atoms with Gasteiger partial charge in [-0.05, 0) is 30.4 Å². The van der Waals surface area contributed by atoms with Crippen LogP contribution in [-0.2, 0) is 9.84 Å². The van der Waals surface area contributed by atoms with E-state index in [-0.39, 0.29) is 11.1 Å². The Morgan fingerprint density at radius 3 is 2.35 bits per heavy atom. The lowest BCUT2D eigenvalue weighted by atomic mass is 9.70. The molecule has 1 fully saturated rings. The van der Waals surface area contributed by atoms with Gasteiger partial charge in [0, 0.05) is 6.54 Å². The number of sulfone groups is 1. The van der Waals surface area contributed by atoms with Gasteiger partial charge in [0.2, 0.25) is 0 Å². The Hall–Kier alpha value is -1.24. The molecular weight excluding hydrogens is 291 g/mol. The molecule has 0 amide bonds. The summed E-state index contributed by atoms with van der Waals surface area (Å²) in [5.74, 6) is 0. The lowest BCUT2D eigenvalue weighted by Crippen LogP contribution is -2.34. The molecule has 20 heavy (non-hydrogen) atoms. The van der Waals surface area contributed by atoms with Crippen LogP contribution < -0.4 is 5.32 Å². The van der Waals surface area contributed by atoms with Crippen molar-refractivity contribution >= 4 is 15.5 Å². The van der Waals surface area contributed by atoms with Crippen molar-refractivity contribution in [2.45, 2.75) is 36.6 Å². The number of nitrogens with one attached hydrogen (secondary N) is 1. The summed E-state index contributed by atoms with van der Waals surface area (Å²) in [5.41, 5.74) is -5.24. The van der Waals surface area contributed by atoms with E-state index in [9.17, 15) is 21.6 Å². The van der Waals surface area contributed by atoms with E-state index in [4.69, 9.17) is 0 Å². The number of hydrogen-bond donors (Lipinski definition) is 1. The van der Waals surface area contributed by atoms with Crippen LogP contribution >= 0.6 is 0 Å². The van der Waals surface area contributed by atoms with Crippen molar-refractivity contribution in [2.75, 3.05) is 11.9 Å². The molecule has 0 bridgehead atoms. The smallest absolute Gasteiger partial charge is 0.383 e. The van der Waals surface area contributed by atoms with Crippen molar-refractivity contribution in [2.24, 2.45) is 5.41 Å². The third-order valence-corrected chi connectivity index (χ3v) is 5.29. The average Bonchev–Trinajstić information content (AvgIpc) is 2.33. The summed E-state index contributed by atoms with van der Waals surface area (Å²) in [6, 6.07) is 5.14. The van der Waals surface area contributed by atoms with Gasteiger partial charge in [-0.1, -0.05) is 25.5 Å². The average molecular weight is 307 g/mol. The first-order valence-electron chi connectivity index (χ1n) is 6.30. The van der Waals surface area contributed by atoms with Crippen molar-refractivity contribution in [3.05, 3.63) is 24.3 Å². The maximum absolute atomic E-state index is 12.6. The van der Waals surface area contributed by atoms with Gasteiger partial charge in [0.15, 0.2) is 0 Å². The zero-order valence-electron chi connectivity index (χ0n) is 11.0. The fraction of sp³-hybridized carbons (Fsp3) is 0.538. The Morgan fingerprint density at radius 2 is 1.85 bits per heavy atom. The van der Waals surface area contributed by atoms with Crippen molar-refractivity contribution in [3.8, 4) is 0 Å². The molecule has 0 heterocycles. The normalized spacial score (nSPS) is 18.4. The van der Waals surface area contributed by atoms with Crippen LogP contribution in [-0.4, -0.2) is 20.5 Å². The van der Waals surface area contributed by atoms with Gasteiger partial charge in [-0.15, -0.1) is 0 Å². The van der Waals surface area contributed by atoms with Gasteiger partial charge in [0.1, 0.15) is 0 Å². The number of halogens is 3. The minimum Gasteiger partial charge on any atom is -0.383 e. The molecular formula is C13H16F3NO2S. The molecule has 0 atom stereocenters. The Labute approximate surface area is 116 Å². The van der Waals surface area contributed by atoms with E-state index in [1.807, 2.05) is 6.92 Å². The van der Waals surface area contributed by atoms with E-state index < -0.39 is 20.2 Å². The molecule has 1 aliphatic rings. The lowest BCUT2D eigenvalue weighted by molar-refractivity contribution is -0.0435. The summed E-state index contributed by atoms with van der Waals surface area (Å²) < 4.78 is 60.9. The molecule has 1 aliphatic carbocycles. The second kappa shape index (κ2) is 4.95. The van der Waals surface area contributed by atoms with Crippen molar-refractivity contribution in [1.29, 1.82) is 0 Å². The minimum absolute atomic E-state index is 0.0120. The van der Waals surface area contributed by atoms with Crippen LogP contribution in [0, 0.1) is 5.41 Å². The molecule has 1 saturated carbocycles. The zero-order chi connectivity index (χ0) is 15.0. The molecule has 0 radical (unpaired) electrons.